The lowest BCUT2D eigenvalue weighted by Crippen LogP contribution is -2.21. The minimum atomic E-state index is -0.0855. The van der Waals surface area contributed by atoms with Crippen molar-refractivity contribution < 1.29 is 9.53 Å². The largest absolute Gasteiger partial charge is 0.373 e. The quantitative estimate of drug-likeness (QED) is 0.364. The molecule has 1 aliphatic heterocycles. The standard InChI is InChI=1S/C9H15NO2/c1-2-9(11)10-6-4-3-5-8-7-12-8/h2,8H,1,3-7H2,(H,10,11). The lowest BCUT2D eigenvalue weighted by molar-refractivity contribution is -0.116. The number of carbonyl (C=O) groups is 1. The van der Waals surface area contributed by atoms with E-state index < -0.39 is 0 Å². The minimum absolute atomic E-state index is 0.0855. The van der Waals surface area contributed by atoms with E-state index in [1.807, 2.05) is 0 Å². The van der Waals surface area contributed by atoms with Gasteiger partial charge >= 0.3 is 0 Å². The Labute approximate surface area is 72.8 Å². The fourth-order valence-corrected chi connectivity index (χ4v) is 1.02. The molecule has 1 rings (SSSR count). The van der Waals surface area contributed by atoms with Gasteiger partial charge in [-0.25, -0.2) is 0 Å². The molecule has 12 heavy (non-hydrogen) atoms. The van der Waals surface area contributed by atoms with Crippen LogP contribution in [0.2, 0.25) is 0 Å². The molecule has 1 saturated heterocycles. The van der Waals surface area contributed by atoms with Gasteiger partial charge in [0.15, 0.2) is 0 Å². The first-order valence-corrected chi connectivity index (χ1v) is 4.35. The molecule has 1 fully saturated rings. The summed E-state index contributed by atoms with van der Waals surface area (Å²) < 4.78 is 5.05. The Morgan fingerprint density at radius 1 is 1.67 bits per heavy atom. The molecule has 68 valence electrons. The van der Waals surface area contributed by atoms with Crippen LogP contribution in [0.5, 0.6) is 0 Å². The maximum absolute atomic E-state index is 10.7. The predicted molar refractivity (Wildman–Crippen MR) is 46.8 cm³/mol. The molecule has 0 saturated carbocycles. The van der Waals surface area contributed by atoms with Crippen LogP contribution in [-0.4, -0.2) is 25.2 Å². The van der Waals surface area contributed by atoms with Crippen molar-refractivity contribution in [3.8, 4) is 0 Å². The van der Waals surface area contributed by atoms with E-state index in [4.69, 9.17) is 4.74 Å². The van der Waals surface area contributed by atoms with Gasteiger partial charge in [0.2, 0.25) is 5.91 Å². The molecule has 0 aromatic rings. The Hall–Kier alpha value is -0.830. The third kappa shape index (κ3) is 4.13. The maximum atomic E-state index is 10.7. The molecule has 0 aliphatic carbocycles. The minimum Gasteiger partial charge on any atom is -0.373 e. The number of unbranched alkanes of at least 4 members (excludes halogenated alkanes) is 1. The second-order valence-electron chi connectivity index (χ2n) is 2.95. The Kier molecular flexibility index (Phi) is 3.80. The molecule has 0 spiro atoms. The summed E-state index contributed by atoms with van der Waals surface area (Å²) in [4.78, 5) is 10.7. The molecule has 1 amide bonds. The van der Waals surface area contributed by atoms with Gasteiger partial charge < -0.3 is 10.1 Å². The van der Waals surface area contributed by atoms with E-state index in [9.17, 15) is 4.79 Å². The van der Waals surface area contributed by atoms with Crippen LogP contribution in [0.4, 0.5) is 0 Å². The van der Waals surface area contributed by atoms with Gasteiger partial charge in [0.05, 0.1) is 12.7 Å². The van der Waals surface area contributed by atoms with E-state index in [0.29, 0.717) is 6.10 Å². The highest BCUT2D eigenvalue weighted by molar-refractivity contribution is 5.86. The molecule has 1 unspecified atom stereocenters. The molecule has 0 aromatic carbocycles. The Balaban J connectivity index is 1.81. The van der Waals surface area contributed by atoms with Gasteiger partial charge in [-0.05, 0) is 25.3 Å². The molecule has 3 nitrogen and oxygen atoms in total. The average molecular weight is 169 g/mol. The molecular weight excluding hydrogens is 154 g/mol. The topological polar surface area (TPSA) is 41.6 Å². The third-order valence-electron chi connectivity index (χ3n) is 1.84. The number of amides is 1. The smallest absolute Gasteiger partial charge is 0.243 e. The highest BCUT2D eigenvalue weighted by Crippen LogP contribution is 2.15. The van der Waals surface area contributed by atoms with Crippen LogP contribution < -0.4 is 5.32 Å². The van der Waals surface area contributed by atoms with Gasteiger partial charge in [0.1, 0.15) is 0 Å². The number of hydrogen-bond acceptors (Lipinski definition) is 2. The summed E-state index contributed by atoms with van der Waals surface area (Å²) in [6.07, 6.45) is 5.09. The van der Waals surface area contributed by atoms with Crippen molar-refractivity contribution in [3.63, 3.8) is 0 Å². The van der Waals surface area contributed by atoms with Crippen molar-refractivity contribution >= 4 is 5.91 Å². The fourth-order valence-electron chi connectivity index (χ4n) is 1.02. The van der Waals surface area contributed by atoms with Crippen molar-refractivity contribution in [2.45, 2.75) is 25.4 Å². The fraction of sp³-hybridized carbons (Fsp3) is 0.667. The molecule has 3 heteroatoms. The van der Waals surface area contributed by atoms with E-state index in [1.165, 1.54) is 6.08 Å². The van der Waals surface area contributed by atoms with E-state index in [2.05, 4.69) is 11.9 Å². The Morgan fingerprint density at radius 3 is 3.00 bits per heavy atom. The summed E-state index contributed by atoms with van der Waals surface area (Å²) in [6, 6.07) is 0. The Bertz CT molecular complexity index is 164. The predicted octanol–water partition coefficient (Wildman–Crippen LogP) is 0.858. The van der Waals surface area contributed by atoms with Crippen molar-refractivity contribution in [2.75, 3.05) is 13.2 Å². The van der Waals surface area contributed by atoms with Gasteiger partial charge in [-0.15, -0.1) is 0 Å². The van der Waals surface area contributed by atoms with Crippen LogP contribution in [0.25, 0.3) is 0 Å². The number of rotatable bonds is 6. The summed E-state index contributed by atoms with van der Waals surface area (Å²) in [6.45, 7) is 5.04. The summed E-state index contributed by atoms with van der Waals surface area (Å²) in [5, 5.41) is 2.73. The molecule has 1 N–H and O–H groups in total. The van der Waals surface area contributed by atoms with Crippen LogP contribution in [0, 0.1) is 0 Å². The molecule has 1 atom stereocenters. The van der Waals surface area contributed by atoms with Gasteiger partial charge in [-0.3, -0.25) is 4.79 Å². The lowest BCUT2D eigenvalue weighted by atomic mass is 10.2. The van der Waals surface area contributed by atoms with Crippen LogP contribution in [0.1, 0.15) is 19.3 Å². The van der Waals surface area contributed by atoms with E-state index in [0.717, 1.165) is 32.4 Å². The summed E-state index contributed by atoms with van der Waals surface area (Å²) >= 11 is 0. The van der Waals surface area contributed by atoms with Crippen LogP contribution in [0.15, 0.2) is 12.7 Å². The first-order valence-electron chi connectivity index (χ1n) is 4.35. The van der Waals surface area contributed by atoms with E-state index in [-0.39, 0.29) is 5.91 Å². The summed E-state index contributed by atoms with van der Waals surface area (Å²) in [5.74, 6) is -0.0855. The van der Waals surface area contributed by atoms with E-state index in [1.54, 1.807) is 0 Å². The number of carbonyl (C=O) groups excluding carboxylic acids is 1. The van der Waals surface area contributed by atoms with Gasteiger partial charge in [0.25, 0.3) is 0 Å². The summed E-state index contributed by atoms with van der Waals surface area (Å²) in [7, 11) is 0. The van der Waals surface area contributed by atoms with Crippen molar-refractivity contribution in [3.05, 3.63) is 12.7 Å². The van der Waals surface area contributed by atoms with Gasteiger partial charge in [0, 0.05) is 6.54 Å². The second kappa shape index (κ2) is 4.93. The monoisotopic (exact) mass is 169 g/mol. The van der Waals surface area contributed by atoms with Crippen LogP contribution in [0.3, 0.4) is 0 Å². The molecule has 0 bridgehead atoms. The van der Waals surface area contributed by atoms with Gasteiger partial charge in [-0.1, -0.05) is 6.58 Å². The van der Waals surface area contributed by atoms with Crippen LogP contribution in [-0.2, 0) is 9.53 Å². The molecule has 0 radical (unpaired) electrons. The van der Waals surface area contributed by atoms with Crippen molar-refractivity contribution in [2.24, 2.45) is 0 Å². The average Bonchev–Trinajstić information content (AvgIpc) is 2.87. The molecule has 0 aromatic heterocycles. The zero-order valence-electron chi connectivity index (χ0n) is 7.21. The molecule has 1 heterocycles. The highest BCUT2D eigenvalue weighted by Gasteiger charge is 2.20. The summed E-state index contributed by atoms with van der Waals surface area (Å²) in [5.41, 5.74) is 0. The zero-order chi connectivity index (χ0) is 8.81. The SMILES string of the molecule is C=CC(=O)NCCCCC1CO1. The highest BCUT2D eigenvalue weighted by atomic mass is 16.6. The second-order valence-corrected chi connectivity index (χ2v) is 2.95. The van der Waals surface area contributed by atoms with Crippen molar-refractivity contribution in [1.82, 2.24) is 5.32 Å². The van der Waals surface area contributed by atoms with Gasteiger partial charge in [-0.2, -0.15) is 0 Å². The molecular formula is C9H15NO2. The van der Waals surface area contributed by atoms with Crippen LogP contribution >= 0.6 is 0 Å². The Morgan fingerprint density at radius 2 is 2.42 bits per heavy atom. The number of nitrogens with one attached hydrogen (secondary N) is 1. The number of ether oxygens (including phenoxy) is 1. The zero-order valence-corrected chi connectivity index (χ0v) is 7.21. The first-order chi connectivity index (χ1) is 5.83. The number of hydrogen-bond donors (Lipinski definition) is 1. The number of epoxide rings is 1. The lowest BCUT2D eigenvalue weighted by Gasteiger charge is -2.00. The third-order valence-corrected chi connectivity index (χ3v) is 1.84. The first kappa shape index (κ1) is 9.26. The van der Waals surface area contributed by atoms with Crippen molar-refractivity contribution in [1.29, 1.82) is 0 Å². The maximum Gasteiger partial charge on any atom is 0.243 e. The molecule has 1 aliphatic rings. The normalized spacial score (nSPS) is 20.2. The van der Waals surface area contributed by atoms with E-state index >= 15 is 0 Å².